The van der Waals surface area contributed by atoms with Crippen LogP contribution >= 0.6 is 15.9 Å². The summed E-state index contributed by atoms with van der Waals surface area (Å²) in [5.74, 6) is 1.20. The molecule has 0 unspecified atom stereocenters. The second-order valence-corrected chi connectivity index (χ2v) is 7.78. The highest BCUT2D eigenvalue weighted by molar-refractivity contribution is 9.10. The molecule has 0 atom stereocenters. The van der Waals surface area contributed by atoms with Gasteiger partial charge in [-0.1, -0.05) is 43.3 Å². The van der Waals surface area contributed by atoms with Crippen LogP contribution in [0.5, 0.6) is 0 Å². The Balaban J connectivity index is 1.81. The van der Waals surface area contributed by atoms with Gasteiger partial charge in [-0.3, -0.25) is 9.88 Å². The lowest BCUT2D eigenvalue weighted by molar-refractivity contribution is 1.01. The molecule has 0 spiro atoms. The van der Waals surface area contributed by atoms with Crippen LogP contribution in [0.4, 0.5) is 11.9 Å². The van der Waals surface area contributed by atoms with E-state index in [2.05, 4.69) is 62.4 Å². The SMILES string of the molecule is CCc1ccc(-c2cn(-c3ccccc3Br)c(Nc3nc(C)cc(C)n3)n2)cc1. The first-order valence-corrected chi connectivity index (χ1v) is 10.4. The number of hydrogen-bond acceptors (Lipinski definition) is 4. The maximum atomic E-state index is 4.86. The summed E-state index contributed by atoms with van der Waals surface area (Å²) in [5.41, 5.74) is 6.07. The topological polar surface area (TPSA) is 55.6 Å². The summed E-state index contributed by atoms with van der Waals surface area (Å²) in [6, 6.07) is 18.5. The van der Waals surface area contributed by atoms with Gasteiger partial charge in [0, 0.05) is 27.6 Å². The fourth-order valence-electron chi connectivity index (χ4n) is 3.23. The van der Waals surface area contributed by atoms with Crippen LogP contribution < -0.4 is 5.32 Å². The molecule has 1 N–H and O–H groups in total. The highest BCUT2D eigenvalue weighted by atomic mass is 79.9. The molecule has 29 heavy (non-hydrogen) atoms. The van der Waals surface area contributed by atoms with E-state index in [1.54, 1.807) is 0 Å². The zero-order valence-corrected chi connectivity index (χ0v) is 18.2. The number of aryl methyl sites for hydroxylation is 3. The van der Waals surface area contributed by atoms with Crippen molar-refractivity contribution in [1.82, 2.24) is 19.5 Å². The van der Waals surface area contributed by atoms with Crippen LogP contribution in [0.25, 0.3) is 16.9 Å². The summed E-state index contributed by atoms with van der Waals surface area (Å²) in [4.78, 5) is 13.9. The molecule has 6 heteroatoms. The lowest BCUT2D eigenvalue weighted by atomic mass is 10.1. The van der Waals surface area contributed by atoms with Crippen molar-refractivity contribution in [2.75, 3.05) is 5.32 Å². The van der Waals surface area contributed by atoms with Gasteiger partial charge in [-0.05, 0) is 60.0 Å². The van der Waals surface area contributed by atoms with Crippen molar-refractivity contribution in [2.24, 2.45) is 0 Å². The van der Waals surface area contributed by atoms with E-state index in [1.807, 2.05) is 54.9 Å². The Kier molecular flexibility index (Phi) is 5.45. The van der Waals surface area contributed by atoms with Gasteiger partial charge in [0.15, 0.2) is 0 Å². The molecular formula is C23H22BrN5. The summed E-state index contributed by atoms with van der Waals surface area (Å²) in [6.45, 7) is 6.07. The van der Waals surface area contributed by atoms with Crippen molar-refractivity contribution in [2.45, 2.75) is 27.2 Å². The zero-order valence-electron chi connectivity index (χ0n) is 16.6. The van der Waals surface area contributed by atoms with Gasteiger partial charge in [0.2, 0.25) is 11.9 Å². The Morgan fingerprint density at radius 2 is 1.62 bits per heavy atom. The van der Waals surface area contributed by atoms with E-state index in [9.17, 15) is 0 Å². The first-order valence-electron chi connectivity index (χ1n) is 9.56. The fraction of sp³-hybridized carbons (Fsp3) is 0.174. The van der Waals surface area contributed by atoms with Gasteiger partial charge in [-0.2, -0.15) is 0 Å². The number of benzene rings is 2. The molecule has 0 amide bonds. The number of halogens is 1. The molecular weight excluding hydrogens is 426 g/mol. The van der Waals surface area contributed by atoms with Gasteiger partial charge < -0.3 is 0 Å². The van der Waals surface area contributed by atoms with E-state index in [-0.39, 0.29) is 0 Å². The molecule has 0 saturated carbocycles. The first-order chi connectivity index (χ1) is 14.0. The van der Waals surface area contributed by atoms with Crippen molar-refractivity contribution in [3.63, 3.8) is 0 Å². The normalized spacial score (nSPS) is 10.9. The minimum atomic E-state index is 0.536. The minimum Gasteiger partial charge on any atom is -0.294 e. The van der Waals surface area contributed by atoms with Crippen LogP contribution in [0.2, 0.25) is 0 Å². The molecule has 2 aromatic heterocycles. The van der Waals surface area contributed by atoms with Crippen molar-refractivity contribution in [3.05, 3.63) is 82.2 Å². The number of imidazole rings is 1. The van der Waals surface area contributed by atoms with Crippen molar-refractivity contribution in [3.8, 4) is 16.9 Å². The van der Waals surface area contributed by atoms with E-state index >= 15 is 0 Å². The number of para-hydroxylation sites is 1. The predicted octanol–water partition coefficient (Wildman–Crippen LogP) is 6.01. The lowest BCUT2D eigenvalue weighted by Crippen LogP contribution is -2.05. The number of anilines is 2. The summed E-state index contributed by atoms with van der Waals surface area (Å²) in [6.07, 6.45) is 3.05. The number of hydrogen-bond donors (Lipinski definition) is 1. The van der Waals surface area contributed by atoms with Crippen LogP contribution in [0, 0.1) is 13.8 Å². The summed E-state index contributed by atoms with van der Waals surface area (Å²) in [5, 5.41) is 3.30. The molecule has 0 aliphatic carbocycles. The average Bonchev–Trinajstić information content (AvgIpc) is 3.11. The summed E-state index contributed by atoms with van der Waals surface area (Å²) >= 11 is 3.65. The second-order valence-electron chi connectivity index (χ2n) is 6.92. The highest BCUT2D eigenvalue weighted by Crippen LogP contribution is 2.29. The summed E-state index contributed by atoms with van der Waals surface area (Å²) < 4.78 is 3.00. The molecule has 0 bridgehead atoms. The van der Waals surface area contributed by atoms with E-state index < -0.39 is 0 Å². The molecule has 5 nitrogen and oxygen atoms in total. The standard InChI is InChI=1S/C23H22BrN5/c1-4-17-9-11-18(12-10-17)20-14-29(21-8-6-5-7-19(21)24)23(27-20)28-22-25-15(2)13-16(3)26-22/h5-14H,4H2,1-3H3,(H,25,26,27,28). The Labute approximate surface area is 179 Å². The average molecular weight is 448 g/mol. The van der Waals surface area contributed by atoms with Gasteiger partial charge in [0.25, 0.3) is 0 Å². The maximum Gasteiger partial charge on any atom is 0.229 e. The Morgan fingerprint density at radius 3 is 2.28 bits per heavy atom. The van der Waals surface area contributed by atoms with E-state index in [0.717, 1.165) is 39.2 Å². The molecule has 2 heterocycles. The van der Waals surface area contributed by atoms with Gasteiger partial charge in [-0.25, -0.2) is 15.0 Å². The third-order valence-corrected chi connectivity index (χ3v) is 5.35. The first kappa shape index (κ1) is 19.3. The largest absolute Gasteiger partial charge is 0.294 e. The highest BCUT2D eigenvalue weighted by Gasteiger charge is 2.14. The third-order valence-electron chi connectivity index (χ3n) is 4.68. The van der Waals surface area contributed by atoms with Gasteiger partial charge in [0.1, 0.15) is 0 Å². The number of nitrogens with one attached hydrogen (secondary N) is 1. The Bertz CT molecular complexity index is 1130. The predicted molar refractivity (Wildman–Crippen MR) is 121 cm³/mol. The molecule has 0 aliphatic rings. The molecule has 0 fully saturated rings. The zero-order chi connectivity index (χ0) is 20.4. The monoisotopic (exact) mass is 447 g/mol. The fourth-order valence-corrected chi connectivity index (χ4v) is 3.71. The van der Waals surface area contributed by atoms with Crippen LogP contribution in [0.15, 0.2) is 65.3 Å². The van der Waals surface area contributed by atoms with Crippen LogP contribution in [0.1, 0.15) is 23.9 Å². The Hall–Kier alpha value is -2.99. The quantitative estimate of drug-likeness (QED) is 0.406. The minimum absolute atomic E-state index is 0.536. The van der Waals surface area contributed by atoms with Crippen molar-refractivity contribution >= 4 is 27.8 Å². The number of aromatic nitrogens is 4. The van der Waals surface area contributed by atoms with Gasteiger partial charge >= 0.3 is 0 Å². The van der Waals surface area contributed by atoms with Gasteiger partial charge in [0.05, 0.1) is 11.4 Å². The van der Waals surface area contributed by atoms with Crippen LogP contribution in [-0.2, 0) is 6.42 Å². The molecule has 2 aromatic carbocycles. The molecule has 0 aliphatic heterocycles. The van der Waals surface area contributed by atoms with Crippen LogP contribution in [-0.4, -0.2) is 19.5 Å². The van der Waals surface area contributed by atoms with Crippen molar-refractivity contribution in [1.29, 1.82) is 0 Å². The summed E-state index contributed by atoms with van der Waals surface area (Å²) in [7, 11) is 0. The molecule has 146 valence electrons. The number of rotatable bonds is 5. The van der Waals surface area contributed by atoms with E-state index in [4.69, 9.17) is 4.98 Å². The van der Waals surface area contributed by atoms with E-state index in [1.165, 1.54) is 5.56 Å². The third kappa shape index (κ3) is 4.22. The molecule has 0 saturated heterocycles. The van der Waals surface area contributed by atoms with Gasteiger partial charge in [-0.15, -0.1) is 0 Å². The second kappa shape index (κ2) is 8.17. The van der Waals surface area contributed by atoms with E-state index in [0.29, 0.717) is 11.9 Å². The smallest absolute Gasteiger partial charge is 0.229 e. The lowest BCUT2D eigenvalue weighted by Gasteiger charge is -2.11. The molecule has 4 rings (SSSR count). The molecule has 0 radical (unpaired) electrons. The maximum absolute atomic E-state index is 4.86. The molecule has 4 aromatic rings. The van der Waals surface area contributed by atoms with Crippen LogP contribution in [0.3, 0.4) is 0 Å². The Morgan fingerprint density at radius 1 is 0.931 bits per heavy atom. The number of nitrogens with zero attached hydrogens (tertiary/aromatic N) is 4. The van der Waals surface area contributed by atoms with Crippen molar-refractivity contribution < 1.29 is 0 Å².